The molecule has 2 N–H and O–H groups in total. The van der Waals surface area contributed by atoms with Gasteiger partial charge in [-0.05, 0) is 32.9 Å². The molecule has 0 atom stereocenters. The van der Waals surface area contributed by atoms with E-state index < -0.39 is 0 Å². The molecule has 6 nitrogen and oxygen atoms in total. The summed E-state index contributed by atoms with van der Waals surface area (Å²) in [5, 5.41) is 6.36. The highest BCUT2D eigenvalue weighted by atomic mass is 127. The van der Waals surface area contributed by atoms with Crippen LogP contribution in [0.1, 0.15) is 32.9 Å². The van der Waals surface area contributed by atoms with Gasteiger partial charge < -0.3 is 15.5 Å². The molecule has 0 aliphatic carbocycles. The van der Waals surface area contributed by atoms with Gasteiger partial charge in [-0.1, -0.05) is 6.07 Å². The van der Waals surface area contributed by atoms with Gasteiger partial charge >= 0.3 is 0 Å². The Morgan fingerprint density at radius 1 is 1.22 bits per heavy atom. The van der Waals surface area contributed by atoms with E-state index in [4.69, 9.17) is 0 Å². The molecular formula is C16H28IN5O. The summed E-state index contributed by atoms with van der Waals surface area (Å²) in [4.78, 5) is 22.5. The molecule has 1 aromatic rings. The van der Waals surface area contributed by atoms with Crippen LogP contribution in [0, 0.1) is 0 Å². The van der Waals surface area contributed by atoms with Crippen LogP contribution in [0.4, 0.5) is 0 Å². The first-order valence-electron chi connectivity index (χ1n) is 7.91. The van der Waals surface area contributed by atoms with E-state index in [9.17, 15) is 4.79 Å². The number of amides is 1. The smallest absolute Gasteiger partial charge is 0.224 e. The number of hydrogen-bond acceptors (Lipinski definition) is 3. The molecule has 1 heterocycles. The van der Waals surface area contributed by atoms with E-state index in [-0.39, 0.29) is 29.9 Å². The molecule has 7 heteroatoms. The molecule has 0 aliphatic rings. The lowest BCUT2D eigenvalue weighted by Crippen LogP contribution is -2.40. The minimum atomic E-state index is 0. The summed E-state index contributed by atoms with van der Waals surface area (Å²) in [6.45, 7) is 9.37. The third-order valence-corrected chi connectivity index (χ3v) is 3.22. The van der Waals surface area contributed by atoms with Crippen molar-refractivity contribution >= 4 is 35.8 Å². The summed E-state index contributed by atoms with van der Waals surface area (Å²) in [7, 11) is 0. The second-order valence-corrected chi connectivity index (χ2v) is 4.76. The number of carbonyl (C=O) groups excluding carboxylic acids is 1. The number of aromatic nitrogens is 1. The summed E-state index contributed by atoms with van der Waals surface area (Å²) in [5.74, 6) is 0.874. The van der Waals surface area contributed by atoms with Crippen molar-refractivity contribution < 1.29 is 4.79 Å². The van der Waals surface area contributed by atoms with Crippen LogP contribution in [-0.4, -0.2) is 47.9 Å². The maximum atomic E-state index is 11.9. The second-order valence-electron chi connectivity index (χ2n) is 4.76. The molecular weight excluding hydrogens is 405 g/mol. The Morgan fingerprint density at radius 2 is 1.96 bits per heavy atom. The third-order valence-electron chi connectivity index (χ3n) is 3.22. The first-order chi connectivity index (χ1) is 10.7. The van der Waals surface area contributed by atoms with E-state index in [1.54, 1.807) is 6.20 Å². The number of carbonyl (C=O) groups is 1. The number of nitrogens with one attached hydrogen (secondary N) is 2. The lowest BCUT2D eigenvalue weighted by atomic mass is 10.3. The van der Waals surface area contributed by atoms with Gasteiger partial charge in [0.1, 0.15) is 0 Å². The van der Waals surface area contributed by atoms with Crippen molar-refractivity contribution in [3.05, 3.63) is 30.1 Å². The van der Waals surface area contributed by atoms with Crippen molar-refractivity contribution in [3.63, 3.8) is 0 Å². The summed E-state index contributed by atoms with van der Waals surface area (Å²) in [5.41, 5.74) is 0.916. The lowest BCUT2D eigenvalue weighted by Gasteiger charge is -2.19. The highest BCUT2D eigenvalue weighted by Gasteiger charge is 2.09. The van der Waals surface area contributed by atoms with Crippen LogP contribution in [0.15, 0.2) is 29.4 Å². The molecule has 0 radical (unpaired) electrons. The number of aliphatic imine (C=N–C) groups is 1. The molecule has 0 unspecified atom stereocenters. The van der Waals surface area contributed by atoms with E-state index in [1.165, 1.54) is 0 Å². The summed E-state index contributed by atoms with van der Waals surface area (Å²) in [6.07, 6.45) is 2.23. The van der Waals surface area contributed by atoms with E-state index in [0.29, 0.717) is 25.5 Å². The molecule has 0 bridgehead atoms. The van der Waals surface area contributed by atoms with Gasteiger partial charge in [0.2, 0.25) is 5.91 Å². The topological polar surface area (TPSA) is 69.6 Å². The van der Waals surface area contributed by atoms with Gasteiger partial charge in [0.15, 0.2) is 5.96 Å². The van der Waals surface area contributed by atoms with Crippen LogP contribution in [0.2, 0.25) is 0 Å². The molecule has 0 fully saturated rings. The maximum Gasteiger partial charge on any atom is 0.224 e. The third kappa shape index (κ3) is 8.73. The normalized spacial score (nSPS) is 10.7. The molecule has 1 rings (SSSR count). The largest absolute Gasteiger partial charge is 0.357 e. The van der Waals surface area contributed by atoms with Gasteiger partial charge in [0.25, 0.3) is 0 Å². The Bertz CT molecular complexity index is 463. The van der Waals surface area contributed by atoms with Crippen molar-refractivity contribution in [2.45, 2.75) is 33.7 Å². The molecule has 0 aromatic carbocycles. The minimum Gasteiger partial charge on any atom is -0.357 e. The predicted octanol–water partition coefficient (Wildman–Crippen LogP) is 2.01. The fraction of sp³-hybridized carbons (Fsp3) is 0.562. The first-order valence-corrected chi connectivity index (χ1v) is 7.91. The van der Waals surface area contributed by atoms with Gasteiger partial charge in [0.05, 0.1) is 12.2 Å². The lowest BCUT2D eigenvalue weighted by molar-refractivity contribution is -0.130. The van der Waals surface area contributed by atoms with Crippen LogP contribution in [0.25, 0.3) is 0 Å². The molecule has 0 aliphatic heterocycles. The van der Waals surface area contributed by atoms with Crippen LogP contribution >= 0.6 is 24.0 Å². The van der Waals surface area contributed by atoms with Gasteiger partial charge in [0, 0.05) is 38.8 Å². The average molecular weight is 433 g/mol. The van der Waals surface area contributed by atoms with Crippen LogP contribution in [0.5, 0.6) is 0 Å². The molecule has 0 spiro atoms. The SMILES string of the molecule is CCNC(=NCc1ccccn1)NCCC(=O)N(CC)CC.I. The van der Waals surface area contributed by atoms with Crippen molar-refractivity contribution in [1.29, 1.82) is 0 Å². The molecule has 130 valence electrons. The molecule has 0 saturated heterocycles. The average Bonchev–Trinajstić information content (AvgIpc) is 2.54. The minimum absolute atomic E-state index is 0. The quantitative estimate of drug-likeness (QED) is 0.374. The fourth-order valence-corrected chi connectivity index (χ4v) is 2.02. The standard InChI is InChI=1S/C16H27N5O.HI/c1-4-17-16(20-13-14-9-7-8-11-18-14)19-12-10-15(22)21(5-2)6-3;/h7-9,11H,4-6,10,12-13H2,1-3H3,(H2,17,19,20);1H. The molecule has 0 saturated carbocycles. The van der Waals surface area contributed by atoms with Gasteiger partial charge in [-0.15, -0.1) is 24.0 Å². The zero-order valence-electron chi connectivity index (χ0n) is 14.2. The second kappa shape index (κ2) is 13.1. The van der Waals surface area contributed by atoms with Crippen LogP contribution in [0.3, 0.4) is 0 Å². The molecule has 23 heavy (non-hydrogen) atoms. The van der Waals surface area contributed by atoms with Gasteiger partial charge in [-0.2, -0.15) is 0 Å². The molecule has 1 aromatic heterocycles. The summed E-state index contributed by atoms with van der Waals surface area (Å²) >= 11 is 0. The number of nitrogens with zero attached hydrogens (tertiary/aromatic N) is 3. The highest BCUT2D eigenvalue weighted by molar-refractivity contribution is 14.0. The van der Waals surface area contributed by atoms with E-state index >= 15 is 0 Å². The monoisotopic (exact) mass is 433 g/mol. The Hall–Kier alpha value is -1.38. The number of rotatable bonds is 8. The van der Waals surface area contributed by atoms with Crippen LogP contribution < -0.4 is 10.6 Å². The van der Waals surface area contributed by atoms with Gasteiger partial charge in [-0.25, -0.2) is 4.99 Å². The van der Waals surface area contributed by atoms with Crippen molar-refractivity contribution in [2.75, 3.05) is 26.2 Å². The Balaban J connectivity index is 0.00000484. The Kier molecular flexibility index (Phi) is 12.3. The van der Waals surface area contributed by atoms with E-state index in [1.807, 2.05) is 43.9 Å². The summed E-state index contributed by atoms with van der Waals surface area (Å²) in [6, 6.07) is 5.77. The number of pyridine rings is 1. The number of guanidine groups is 1. The van der Waals surface area contributed by atoms with Crippen molar-refractivity contribution in [3.8, 4) is 0 Å². The van der Waals surface area contributed by atoms with Crippen molar-refractivity contribution in [2.24, 2.45) is 4.99 Å². The van der Waals surface area contributed by atoms with Gasteiger partial charge in [-0.3, -0.25) is 9.78 Å². The molecule has 1 amide bonds. The zero-order chi connectivity index (χ0) is 16.2. The first kappa shape index (κ1) is 21.6. The Morgan fingerprint density at radius 3 is 2.52 bits per heavy atom. The number of hydrogen-bond donors (Lipinski definition) is 2. The van der Waals surface area contributed by atoms with Crippen molar-refractivity contribution in [1.82, 2.24) is 20.5 Å². The summed E-state index contributed by atoms with van der Waals surface area (Å²) < 4.78 is 0. The van der Waals surface area contributed by atoms with Crippen LogP contribution in [-0.2, 0) is 11.3 Å². The predicted molar refractivity (Wildman–Crippen MR) is 105 cm³/mol. The van der Waals surface area contributed by atoms with E-state index in [2.05, 4.69) is 20.6 Å². The Labute approximate surface area is 156 Å². The zero-order valence-corrected chi connectivity index (χ0v) is 16.5. The number of halogens is 1. The van der Waals surface area contributed by atoms with E-state index in [0.717, 1.165) is 25.3 Å². The highest BCUT2D eigenvalue weighted by Crippen LogP contribution is 1.96. The fourth-order valence-electron chi connectivity index (χ4n) is 2.02. The maximum absolute atomic E-state index is 11.9.